The van der Waals surface area contributed by atoms with Crippen LogP contribution in [0.3, 0.4) is 0 Å². The zero-order valence-electron chi connectivity index (χ0n) is 31.6. The summed E-state index contributed by atoms with van der Waals surface area (Å²) >= 11 is 0. The molecule has 7 N–H and O–H groups in total. The average molecular weight is 731 g/mol. The molecule has 0 aliphatic rings. The van der Waals surface area contributed by atoms with Crippen LogP contribution in [0.2, 0.25) is 0 Å². The molecule has 0 aromatic heterocycles. The largest absolute Gasteiger partial charge is 0.481 e. The summed E-state index contributed by atoms with van der Waals surface area (Å²) in [5.74, 6) is -2.05. The first-order valence-electron chi connectivity index (χ1n) is 19.1. The SMILES string of the molecule is CNC(CCCCNC(=O)COCCOCCNC(=O)CCCC(=O)O)C(C)=O.NC(=O)CCCCCCCCCCCCCCCCC(=O)O. The molecule has 1 atom stereocenters. The lowest BCUT2D eigenvalue weighted by Gasteiger charge is -2.12. The Morgan fingerprint density at radius 2 is 1.02 bits per heavy atom. The molecular formula is C37H70N4O10. The van der Waals surface area contributed by atoms with Crippen LogP contribution in [0.1, 0.15) is 148 Å². The number of likely N-dealkylation sites (N-methyl/N-ethyl adjacent to an activating group) is 1. The van der Waals surface area contributed by atoms with Crippen LogP contribution in [-0.2, 0) is 38.2 Å². The molecule has 0 radical (unpaired) electrons. The number of unbranched alkanes of at least 4 members (excludes halogenated alkanes) is 14. The molecular weight excluding hydrogens is 660 g/mol. The van der Waals surface area contributed by atoms with Crippen LogP contribution in [0.25, 0.3) is 0 Å². The normalized spacial score (nSPS) is 11.3. The molecule has 51 heavy (non-hydrogen) atoms. The number of hydrogen-bond acceptors (Lipinski definition) is 9. The molecule has 0 saturated heterocycles. The van der Waals surface area contributed by atoms with E-state index in [2.05, 4.69) is 16.0 Å². The molecule has 1 unspecified atom stereocenters. The lowest BCUT2D eigenvalue weighted by molar-refractivity contribution is -0.138. The number of hydrogen-bond donors (Lipinski definition) is 6. The van der Waals surface area contributed by atoms with Crippen molar-refractivity contribution in [2.75, 3.05) is 46.6 Å². The number of ether oxygens (including phenoxy) is 2. The van der Waals surface area contributed by atoms with Crippen molar-refractivity contribution in [3.63, 3.8) is 0 Å². The van der Waals surface area contributed by atoms with E-state index in [1.807, 2.05) is 0 Å². The van der Waals surface area contributed by atoms with Gasteiger partial charge in [0.2, 0.25) is 17.7 Å². The van der Waals surface area contributed by atoms with Gasteiger partial charge in [-0.2, -0.15) is 0 Å². The zero-order valence-corrected chi connectivity index (χ0v) is 31.6. The number of nitrogens with one attached hydrogen (secondary N) is 3. The van der Waals surface area contributed by atoms with E-state index in [1.54, 1.807) is 14.0 Å². The second kappa shape index (κ2) is 38.1. The summed E-state index contributed by atoms with van der Waals surface area (Å²) in [6.07, 6.45) is 20.5. The maximum atomic E-state index is 11.6. The Morgan fingerprint density at radius 3 is 1.51 bits per heavy atom. The third kappa shape index (κ3) is 43.0. The van der Waals surface area contributed by atoms with Gasteiger partial charge in [-0.3, -0.25) is 28.8 Å². The topological polar surface area (TPSA) is 223 Å². The zero-order chi connectivity index (χ0) is 38.4. The lowest BCUT2D eigenvalue weighted by Crippen LogP contribution is -2.33. The molecule has 0 aliphatic heterocycles. The Bertz CT molecular complexity index is 892. The monoisotopic (exact) mass is 731 g/mol. The summed E-state index contributed by atoms with van der Waals surface area (Å²) in [6, 6.07) is -0.126. The van der Waals surface area contributed by atoms with Gasteiger partial charge in [0.15, 0.2) is 0 Å². The second-order valence-electron chi connectivity index (χ2n) is 12.9. The summed E-state index contributed by atoms with van der Waals surface area (Å²) in [7, 11) is 1.76. The van der Waals surface area contributed by atoms with Crippen molar-refractivity contribution in [2.45, 2.75) is 154 Å². The van der Waals surface area contributed by atoms with Crippen LogP contribution in [0.15, 0.2) is 0 Å². The van der Waals surface area contributed by atoms with Crippen molar-refractivity contribution in [3.05, 3.63) is 0 Å². The number of carboxylic acids is 2. The van der Waals surface area contributed by atoms with E-state index in [4.69, 9.17) is 25.4 Å². The molecule has 0 aliphatic carbocycles. The molecule has 0 bridgehead atoms. The predicted molar refractivity (Wildman–Crippen MR) is 197 cm³/mol. The number of nitrogens with two attached hydrogens (primary N) is 1. The third-order valence-corrected chi connectivity index (χ3v) is 8.11. The highest BCUT2D eigenvalue weighted by Gasteiger charge is 2.10. The third-order valence-electron chi connectivity index (χ3n) is 8.11. The molecule has 0 fully saturated rings. The molecule has 3 amide bonds. The van der Waals surface area contributed by atoms with Crippen molar-refractivity contribution in [2.24, 2.45) is 5.73 Å². The lowest BCUT2D eigenvalue weighted by atomic mass is 10.0. The van der Waals surface area contributed by atoms with Gasteiger partial charge in [-0.25, -0.2) is 0 Å². The number of amides is 3. The number of primary amides is 1. The van der Waals surface area contributed by atoms with Gasteiger partial charge in [0, 0.05) is 38.8 Å². The second-order valence-corrected chi connectivity index (χ2v) is 12.9. The van der Waals surface area contributed by atoms with Crippen molar-refractivity contribution < 1.29 is 48.5 Å². The number of carbonyl (C=O) groups excluding carboxylic acids is 4. The van der Waals surface area contributed by atoms with Crippen molar-refractivity contribution in [1.82, 2.24) is 16.0 Å². The maximum absolute atomic E-state index is 11.6. The molecule has 0 spiro atoms. The van der Waals surface area contributed by atoms with E-state index in [9.17, 15) is 28.8 Å². The Hall–Kier alpha value is -3.10. The average Bonchev–Trinajstić information content (AvgIpc) is 3.07. The quantitative estimate of drug-likeness (QED) is 0.0487. The van der Waals surface area contributed by atoms with Crippen molar-refractivity contribution in [3.8, 4) is 0 Å². The molecule has 0 rings (SSSR count). The predicted octanol–water partition coefficient (Wildman–Crippen LogP) is 4.65. The molecule has 0 aromatic carbocycles. The van der Waals surface area contributed by atoms with Crippen LogP contribution in [-0.4, -0.2) is 98.3 Å². The standard InChI is InChI=1S/C19H35N3O7.C18H35NO3/c1-15(23)16(20-2)6-3-4-9-21-18(25)14-29-13-12-28-11-10-22-17(24)7-5-8-19(26)27;19-17(20)15-13-11-9-7-5-3-1-2-4-6-8-10-12-14-16-18(21)22/h16,20H,3-14H2,1-2H3,(H,21,25)(H,22,24)(H,26,27);1-16H2,(H2,19,20)(H,21,22). The van der Waals surface area contributed by atoms with Gasteiger partial charge in [0.25, 0.3) is 0 Å². The fourth-order valence-electron chi connectivity index (χ4n) is 5.14. The fourth-order valence-corrected chi connectivity index (χ4v) is 5.14. The summed E-state index contributed by atoms with van der Waals surface area (Å²) < 4.78 is 10.5. The van der Waals surface area contributed by atoms with Crippen molar-refractivity contribution >= 4 is 35.4 Å². The van der Waals surface area contributed by atoms with Crippen molar-refractivity contribution in [1.29, 1.82) is 0 Å². The van der Waals surface area contributed by atoms with Crippen LogP contribution in [0.5, 0.6) is 0 Å². The number of rotatable bonds is 36. The summed E-state index contributed by atoms with van der Waals surface area (Å²) in [4.78, 5) is 65.5. The summed E-state index contributed by atoms with van der Waals surface area (Å²) in [6.45, 7) is 3.28. The first-order valence-corrected chi connectivity index (χ1v) is 19.1. The smallest absolute Gasteiger partial charge is 0.303 e. The van der Waals surface area contributed by atoms with Gasteiger partial charge in [-0.05, 0) is 52.5 Å². The Balaban J connectivity index is 0. The molecule has 0 aromatic rings. The van der Waals surface area contributed by atoms with Crippen LogP contribution in [0.4, 0.5) is 0 Å². The maximum Gasteiger partial charge on any atom is 0.303 e. The van der Waals surface area contributed by atoms with Crippen LogP contribution < -0.4 is 21.7 Å². The molecule has 0 saturated carbocycles. The van der Waals surface area contributed by atoms with Crippen LogP contribution in [0, 0.1) is 0 Å². The first kappa shape index (κ1) is 50.0. The fraction of sp³-hybridized carbons (Fsp3) is 0.838. The Morgan fingerprint density at radius 1 is 0.549 bits per heavy atom. The highest BCUT2D eigenvalue weighted by atomic mass is 16.5. The van der Waals surface area contributed by atoms with E-state index in [1.165, 1.54) is 64.2 Å². The summed E-state index contributed by atoms with van der Waals surface area (Å²) in [5, 5.41) is 25.4. The number of aliphatic carboxylic acids is 2. The number of carbonyl (C=O) groups is 6. The minimum atomic E-state index is -0.915. The van der Waals surface area contributed by atoms with Gasteiger partial charge in [-0.1, -0.05) is 77.0 Å². The minimum absolute atomic E-state index is 0.0223. The number of Topliss-reactive ketones (excluding diaryl/α,β-unsaturated/α-hetero) is 1. The van der Waals surface area contributed by atoms with Gasteiger partial charge >= 0.3 is 11.9 Å². The first-order chi connectivity index (χ1) is 24.5. The Labute approximate surface area is 306 Å². The van der Waals surface area contributed by atoms with E-state index < -0.39 is 11.9 Å². The van der Waals surface area contributed by atoms with E-state index >= 15 is 0 Å². The Kier molecular flexibility index (Phi) is 37.4. The minimum Gasteiger partial charge on any atom is -0.481 e. The molecule has 298 valence electrons. The molecule has 0 heterocycles. The molecule has 14 nitrogen and oxygen atoms in total. The number of carboxylic acid groups (broad SMARTS) is 2. The van der Waals surface area contributed by atoms with Gasteiger partial charge in [0.1, 0.15) is 12.4 Å². The van der Waals surface area contributed by atoms with Gasteiger partial charge < -0.3 is 41.4 Å². The summed E-state index contributed by atoms with van der Waals surface area (Å²) in [5.41, 5.74) is 5.10. The van der Waals surface area contributed by atoms with E-state index in [0.29, 0.717) is 45.6 Å². The molecule has 14 heteroatoms. The highest BCUT2D eigenvalue weighted by Crippen LogP contribution is 2.13. The number of ketones is 1. The van der Waals surface area contributed by atoms with Gasteiger partial charge in [-0.15, -0.1) is 0 Å². The highest BCUT2D eigenvalue weighted by molar-refractivity contribution is 5.81. The van der Waals surface area contributed by atoms with E-state index in [-0.39, 0.29) is 55.6 Å². The van der Waals surface area contributed by atoms with E-state index in [0.717, 1.165) is 44.9 Å². The van der Waals surface area contributed by atoms with Gasteiger partial charge in [0.05, 0.1) is 25.9 Å². The van der Waals surface area contributed by atoms with Crippen LogP contribution >= 0.6 is 0 Å².